The maximum atomic E-state index is 12.2. The lowest BCUT2D eigenvalue weighted by Crippen LogP contribution is -2.43. The number of hydrogen-bond donors (Lipinski definition) is 1. The molecular weight excluding hydrogens is 455 g/mol. The van der Waals surface area contributed by atoms with E-state index in [1.54, 1.807) is 24.3 Å². The number of aromatic nitrogens is 2. The van der Waals surface area contributed by atoms with Crippen molar-refractivity contribution in [2.75, 3.05) is 13.2 Å². The number of nitrogens with zero attached hydrogens (tertiary/aromatic N) is 2. The molecule has 174 valence electrons. The first-order valence-corrected chi connectivity index (χ1v) is 10.5. The predicted octanol–water partition coefficient (Wildman–Crippen LogP) is 3.92. The average Bonchev–Trinajstić information content (AvgIpc) is 3.19. The number of carbonyl (C=O) groups excluding carboxylic acids is 1. The van der Waals surface area contributed by atoms with Gasteiger partial charge in [0.25, 0.3) is 5.91 Å². The number of hydrogen-bond acceptors (Lipinski definition) is 7. The second-order valence-electron chi connectivity index (χ2n) is 7.74. The zero-order valence-corrected chi connectivity index (χ0v) is 17.6. The minimum Gasteiger partial charge on any atom is -0.484 e. The first-order chi connectivity index (χ1) is 15.2. The highest BCUT2D eigenvalue weighted by atomic mass is 35.5. The summed E-state index contributed by atoms with van der Waals surface area (Å²) in [4.78, 5) is 12.1. The van der Waals surface area contributed by atoms with Crippen LogP contribution in [0.1, 0.15) is 49.5 Å². The van der Waals surface area contributed by atoms with Gasteiger partial charge >= 0.3 is 6.36 Å². The Morgan fingerprint density at radius 2 is 1.88 bits per heavy atom. The Kier molecular flexibility index (Phi) is 6.87. The Bertz CT molecular complexity index is 910. The van der Waals surface area contributed by atoms with Crippen LogP contribution < -0.4 is 10.1 Å². The van der Waals surface area contributed by atoms with Crippen LogP contribution in [0.3, 0.4) is 0 Å². The van der Waals surface area contributed by atoms with Crippen LogP contribution in [-0.4, -0.2) is 47.8 Å². The third-order valence-electron chi connectivity index (χ3n) is 5.30. The molecule has 1 saturated carbocycles. The number of ether oxygens (including phenoxy) is 3. The van der Waals surface area contributed by atoms with E-state index in [9.17, 15) is 18.0 Å². The van der Waals surface area contributed by atoms with Crippen LogP contribution in [0.25, 0.3) is 0 Å². The Balaban J connectivity index is 1.17. The Hall–Kier alpha value is -2.37. The van der Waals surface area contributed by atoms with E-state index < -0.39 is 18.6 Å². The van der Waals surface area contributed by atoms with E-state index in [2.05, 4.69) is 20.3 Å². The summed E-state index contributed by atoms with van der Waals surface area (Å²) in [7, 11) is 0. The number of rotatable bonds is 7. The van der Waals surface area contributed by atoms with E-state index in [0.29, 0.717) is 29.5 Å². The fourth-order valence-corrected chi connectivity index (χ4v) is 3.73. The van der Waals surface area contributed by atoms with Crippen LogP contribution in [0.2, 0.25) is 5.02 Å². The van der Waals surface area contributed by atoms with Crippen LogP contribution in [0.5, 0.6) is 5.75 Å². The minimum absolute atomic E-state index is 0.130. The van der Waals surface area contributed by atoms with E-state index >= 15 is 0 Å². The molecule has 2 fully saturated rings. The number of halogens is 4. The molecule has 2 aromatic rings. The van der Waals surface area contributed by atoms with E-state index in [-0.39, 0.29) is 49.8 Å². The highest BCUT2D eigenvalue weighted by Gasteiger charge is 2.42. The lowest BCUT2D eigenvalue weighted by atomic mass is 9.82. The van der Waals surface area contributed by atoms with Crippen LogP contribution >= 0.6 is 11.6 Å². The summed E-state index contributed by atoms with van der Waals surface area (Å²) >= 11 is 5.81. The molecule has 1 aromatic heterocycles. The summed E-state index contributed by atoms with van der Waals surface area (Å²) in [5.41, 5.74) is 0. The van der Waals surface area contributed by atoms with Crippen LogP contribution in [-0.2, 0) is 14.3 Å². The molecule has 4 rings (SSSR count). The van der Waals surface area contributed by atoms with Crippen molar-refractivity contribution in [1.29, 1.82) is 0 Å². The standard InChI is InChI=1S/C20H21ClF3N3O5/c21-12-1-4-14(5-2-12)29-10-17(28)25-13-3-6-16(30-9-13)19-27-26-18(31-19)11-7-15(8-11)32-20(22,23)24/h1-2,4-5,11,13,15-16H,3,6-10H2,(H,25,28)/t11?,13-,15?,16+/m1/s1. The Labute approximate surface area is 186 Å². The fourth-order valence-electron chi connectivity index (χ4n) is 3.60. The molecule has 32 heavy (non-hydrogen) atoms. The second-order valence-corrected chi connectivity index (χ2v) is 8.18. The van der Waals surface area contributed by atoms with Crippen molar-refractivity contribution in [3.05, 3.63) is 41.1 Å². The molecule has 1 saturated heterocycles. The molecule has 12 heteroatoms. The molecule has 1 aliphatic heterocycles. The van der Waals surface area contributed by atoms with Gasteiger partial charge in [-0.05, 0) is 49.9 Å². The van der Waals surface area contributed by atoms with E-state index in [4.69, 9.17) is 25.5 Å². The summed E-state index contributed by atoms with van der Waals surface area (Å²) in [5.74, 6) is 0.600. The highest BCUT2D eigenvalue weighted by molar-refractivity contribution is 6.30. The van der Waals surface area contributed by atoms with Crippen molar-refractivity contribution in [3.63, 3.8) is 0 Å². The second kappa shape index (κ2) is 9.63. The van der Waals surface area contributed by atoms with Gasteiger partial charge in [0.15, 0.2) is 6.61 Å². The quantitative estimate of drug-likeness (QED) is 0.648. The summed E-state index contributed by atoms with van der Waals surface area (Å²) in [6, 6.07) is 6.52. The van der Waals surface area contributed by atoms with Gasteiger partial charge in [-0.15, -0.1) is 23.4 Å². The third-order valence-corrected chi connectivity index (χ3v) is 5.55. The molecule has 8 nitrogen and oxygen atoms in total. The number of carbonyl (C=O) groups is 1. The Morgan fingerprint density at radius 3 is 2.53 bits per heavy atom. The van der Waals surface area contributed by atoms with Crippen molar-refractivity contribution >= 4 is 17.5 Å². The lowest BCUT2D eigenvalue weighted by Gasteiger charge is -2.33. The van der Waals surface area contributed by atoms with Gasteiger partial charge in [-0.25, -0.2) is 0 Å². The van der Waals surface area contributed by atoms with Gasteiger partial charge in [0.05, 0.1) is 18.8 Å². The molecule has 1 N–H and O–H groups in total. The maximum Gasteiger partial charge on any atom is 0.522 e. The lowest BCUT2D eigenvalue weighted by molar-refractivity contribution is -0.352. The van der Waals surface area contributed by atoms with E-state index in [0.717, 1.165) is 0 Å². The minimum atomic E-state index is -4.64. The number of nitrogens with one attached hydrogen (secondary N) is 1. The molecule has 2 atom stereocenters. The first kappa shape index (κ1) is 22.8. The molecule has 1 aromatic carbocycles. The van der Waals surface area contributed by atoms with Gasteiger partial charge in [-0.2, -0.15) is 0 Å². The molecule has 1 amide bonds. The van der Waals surface area contributed by atoms with Crippen molar-refractivity contribution in [3.8, 4) is 5.75 Å². The molecule has 0 bridgehead atoms. The molecule has 0 unspecified atom stereocenters. The summed E-state index contributed by atoms with van der Waals surface area (Å²) < 4.78 is 57.4. The number of benzene rings is 1. The summed E-state index contributed by atoms with van der Waals surface area (Å²) in [5, 5.41) is 11.3. The Morgan fingerprint density at radius 1 is 1.16 bits per heavy atom. The van der Waals surface area contributed by atoms with Gasteiger partial charge in [-0.1, -0.05) is 11.6 Å². The van der Waals surface area contributed by atoms with Gasteiger partial charge in [0.2, 0.25) is 11.8 Å². The SMILES string of the molecule is O=C(COc1ccc(Cl)cc1)N[C@@H]1CC[C@@H](c2nnc(C3CC(OC(F)(F)F)C3)o2)OC1. The van der Waals surface area contributed by atoms with E-state index in [1.165, 1.54) is 0 Å². The molecule has 0 spiro atoms. The predicted molar refractivity (Wildman–Crippen MR) is 104 cm³/mol. The zero-order valence-electron chi connectivity index (χ0n) is 16.8. The summed E-state index contributed by atoms with van der Waals surface area (Å²) in [6.45, 7) is 0.134. The maximum absolute atomic E-state index is 12.2. The fraction of sp³-hybridized carbons (Fsp3) is 0.550. The van der Waals surface area contributed by atoms with Gasteiger partial charge < -0.3 is 19.2 Å². The monoisotopic (exact) mass is 475 g/mol. The molecule has 1 aliphatic carbocycles. The topological polar surface area (TPSA) is 95.7 Å². The highest BCUT2D eigenvalue weighted by Crippen LogP contribution is 2.41. The van der Waals surface area contributed by atoms with Crippen molar-refractivity contribution in [2.24, 2.45) is 0 Å². The van der Waals surface area contributed by atoms with Crippen LogP contribution in [0, 0.1) is 0 Å². The normalized spacial score (nSPS) is 25.8. The summed E-state index contributed by atoms with van der Waals surface area (Å²) in [6.07, 6.45) is -4.39. The van der Waals surface area contributed by atoms with Crippen molar-refractivity contribution in [1.82, 2.24) is 15.5 Å². The molecule has 2 heterocycles. The van der Waals surface area contributed by atoms with Crippen LogP contribution in [0.15, 0.2) is 28.7 Å². The third kappa shape index (κ3) is 6.11. The number of amides is 1. The van der Waals surface area contributed by atoms with Gasteiger partial charge in [-0.3, -0.25) is 9.53 Å². The van der Waals surface area contributed by atoms with Crippen LogP contribution in [0.4, 0.5) is 13.2 Å². The number of alkyl halides is 3. The molecular formula is C20H21ClF3N3O5. The van der Waals surface area contributed by atoms with Gasteiger partial charge in [0.1, 0.15) is 11.9 Å². The van der Waals surface area contributed by atoms with Crippen molar-refractivity contribution in [2.45, 2.75) is 56.2 Å². The smallest absolute Gasteiger partial charge is 0.484 e. The van der Waals surface area contributed by atoms with E-state index in [1.807, 2.05) is 0 Å². The zero-order chi connectivity index (χ0) is 22.7. The molecule has 2 aliphatic rings. The van der Waals surface area contributed by atoms with Gasteiger partial charge in [0, 0.05) is 10.9 Å². The first-order valence-electron chi connectivity index (χ1n) is 10.1. The van der Waals surface area contributed by atoms with Crippen molar-refractivity contribution < 1.29 is 36.6 Å². The average molecular weight is 476 g/mol. The molecule has 0 radical (unpaired) electrons. The largest absolute Gasteiger partial charge is 0.522 e.